The van der Waals surface area contributed by atoms with Gasteiger partial charge in [-0.25, -0.2) is 0 Å². The summed E-state index contributed by atoms with van der Waals surface area (Å²) in [5.74, 6) is 0. The number of nitrogens with zero attached hydrogens (tertiary/aromatic N) is 4. The lowest BCUT2D eigenvalue weighted by atomic mass is 10.0. The minimum Gasteiger partial charge on any atom is -0.392 e. The Morgan fingerprint density at radius 2 is 0.870 bits per heavy atom. The predicted molar refractivity (Wildman–Crippen MR) is 202 cm³/mol. The van der Waals surface area contributed by atoms with Crippen molar-refractivity contribution < 1.29 is 10.2 Å². The number of aliphatic hydroxyl groups is 2. The first-order valence-corrected chi connectivity index (χ1v) is 20.8. The second kappa shape index (κ2) is 32.0. The number of piperazine rings is 1. The van der Waals surface area contributed by atoms with Gasteiger partial charge in [-0.3, -0.25) is 9.80 Å². The van der Waals surface area contributed by atoms with Gasteiger partial charge in [0.05, 0.1) is 12.2 Å². The fourth-order valence-electron chi connectivity index (χ4n) is 7.16. The molecular formula is C40H84N4O2. The topological polar surface area (TPSA) is 53.4 Å². The van der Waals surface area contributed by atoms with Crippen LogP contribution in [0.2, 0.25) is 0 Å². The van der Waals surface area contributed by atoms with Gasteiger partial charge in [0, 0.05) is 52.4 Å². The summed E-state index contributed by atoms with van der Waals surface area (Å²) in [6.45, 7) is 21.9. The third kappa shape index (κ3) is 25.7. The molecule has 6 nitrogen and oxygen atoms in total. The molecule has 1 rings (SSSR count). The van der Waals surface area contributed by atoms with Crippen LogP contribution in [-0.2, 0) is 0 Å². The van der Waals surface area contributed by atoms with Crippen molar-refractivity contribution in [1.29, 1.82) is 0 Å². The quantitative estimate of drug-likeness (QED) is 0.0680. The second-order valence-corrected chi connectivity index (χ2v) is 14.8. The zero-order valence-corrected chi connectivity index (χ0v) is 31.9. The van der Waals surface area contributed by atoms with Crippen LogP contribution < -0.4 is 0 Å². The van der Waals surface area contributed by atoms with Crippen molar-refractivity contribution in [3.05, 3.63) is 0 Å². The molecule has 6 heteroatoms. The summed E-state index contributed by atoms with van der Waals surface area (Å²) in [5.41, 5.74) is 0. The van der Waals surface area contributed by atoms with Crippen LogP contribution in [0.25, 0.3) is 0 Å². The first-order chi connectivity index (χ1) is 22.5. The second-order valence-electron chi connectivity index (χ2n) is 14.8. The Kier molecular flexibility index (Phi) is 30.5. The highest BCUT2D eigenvalue weighted by molar-refractivity contribution is 4.75. The minimum absolute atomic E-state index is 0.175. The molecule has 46 heavy (non-hydrogen) atoms. The summed E-state index contributed by atoms with van der Waals surface area (Å²) in [4.78, 5) is 10.3. The Bertz CT molecular complexity index is 616. The highest BCUT2D eigenvalue weighted by Crippen LogP contribution is 2.14. The van der Waals surface area contributed by atoms with Crippen LogP contribution in [0.15, 0.2) is 0 Å². The monoisotopic (exact) mass is 653 g/mol. The summed E-state index contributed by atoms with van der Waals surface area (Å²) in [7, 11) is 0. The molecule has 1 saturated heterocycles. The molecule has 0 bridgehead atoms. The summed E-state index contributed by atoms with van der Waals surface area (Å²) >= 11 is 0. The SMILES string of the molecule is CCCCCCCCCCCCCCCCN(CCN1CCN(CCCN(CC)CC(O)CCC)CC1)CC(O)CCCCCC. The van der Waals surface area contributed by atoms with Crippen LogP contribution in [0, 0.1) is 0 Å². The van der Waals surface area contributed by atoms with Gasteiger partial charge in [0.25, 0.3) is 0 Å². The normalized spacial score (nSPS) is 16.2. The van der Waals surface area contributed by atoms with E-state index in [0.717, 1.165) is 65.1 Å². The van der Waals surface area contributed by atoms with E-state index in [9.17, 15) is 10.2 Å². The molecule has 2 atom stereocenters. The maximum absolute atomic E-state index is 10.8. The van der Waals surface area contributed by atoms with Crippen LogP contribution in [0.3, 0.4) is 0 Å². The van der Waals surface area contributed by atoms with Crippen molar-refractivity contribution in [2.24, 2.45) is 0 Å². The first kappa shape index (κ1) is 43.8. The van der Waals surface area contributed by atoms with Crippen molar-refractivity contribution in [3.8, 4) is 0 Å². The summed E-state index contributed by atoms with van der Waals surface area (Å²) in [5, 5.41) is 21.0. The number of rotatable bonds is 34. The first-order valence-electron chi connectivity index (χ1n) is 20.8. The van der Waals surface area contributed by atoms with E-state index < -0.39 is 0 Å². The molecule has 0 aromatic rings. The van der Waals surface area contributed by atoms with Crippen molar-refractivity contribution in [1.82, 2.24) is 19.6 Å². The number of unbranched alkanes of at least 4 members (excludes halogenated alkanes) is 16. The van der Waals surface area contributed by atoms with E-state index in [1.54, 1.807) is 0 Å². The van der Waals surface area contributed by atoms with E-state index in [2.05, 4.69) is 47.3 Å². The third-order valence-corrected chi connectivity index (χ3v) is 10.4. The smallest absolute Gasteiger partial charge is 0.0667 e. The van der Waals surface area contributed by atoms with Crippen LogP contribution in [-0.4, -0.2) is 121 Å². The molecule has 0 saturated carbocycles. The van der Waals surface area contributed by atoms with Crippen molar-refractivity contribution in [2.45, 2.75) is 181 Å². The van der Waals surface area contributed by atoms with Gasteiger partial charge < -0.3 is 20.0 Å². The van der Waals surface area contributed by atoms with Gasteiger partial charge in [0.1, 0.15) is 0 Å². The maximum atomic E-state index is 10.8. The highest BCUT2D eigenvalue weighted by Gasteiger charge is 2.19. The van der Waals surface area contributed by atoms with Crippen LogP contribution >= 0.6 is 0 Å². The van der Waals surface area contributed by atoms with Gasteiger partial charge in [0.15, 0.2) is 0 Å². The van der Waals surface area contributed by atoms with E-state index in [1.165, 1.54) is 155 Å². The molecule has 1 aliphatic heterocycles. The van der Waals surface area contributed by atoms with Gasteiger partial charge >= 0.3 is 0 Å². The van der Waals surface area contributed by atoms with Crippen LogP contribution in [0.4, 0.5) is 0 Å². The van der Waals surface area contributed by atoms with Crippen molar-refractivity contribution in [2.75, 3.05) is 78.5 Å². The van der Waals surface area contributed by atoms with Crippen molar-refractivity contribution in [3.63, 3.8) is 0 Å². The molecule has 1 fully saturated rings. The Morgan fingerprint density at radius 3 is 1.39 bits per heavy atom. The number of hydrogen-bond donors (Lipinski definition) is 2. The fourth-order valence-corrected chi connectivity index (χ4v) is 7.16. The van der Waals surface area contributed by atoms with Gasteiger partial charge in [-0.15, -0.1) is 0 Å². The highest BCUT2D eigenvalue weighted by atomic mass is 16.3. The third-order valence-electron chi connectivity index (χ3n) is 10.4. The molecule has 276 valence electrons. The number of likely N-dealkylation sites (N-methyl/N-ethyl adjacent to an activating group) is 1. The molecule has 2 N–H and O–H groups in total. The molecule has 2 unspecified atom stereocenters. The van der Waals surface area contributed by atoms with E-state index in [0.29, 0.717) is 0 Å². The Hall–Kier alpha value is -0.240. The Balaban J connectivity index is 2.26. The molecule has 0 amide bonds. The standard InChI is InChI=1S/C40H84N4O2/c1-5-9-11-13-14-15-16-17-18-19-20-21-22-24-28-44(38-40(46)27-23-12-10-6-2)36-35-43-33-31-42(32-34-43)30-25-29-41(8-4)37-39(45)26-7-3/h39-40,45-46H,5-38H2,1-4H3. The van der Waals surface area contributed by atoms with E-state index in [-0.39, 0.29) is 12.2 Å². The average Bonchev–Trinajstić information content (AvgIpc) is 3.05. The summed E-state index contributed by atoms with van der Waals surface area (Å²) in [6.07, 6.45) is 28.4. The molecule has 1 aliphatic rings. The number of aliphatic hydroxyl groups excluding tert-OH is 2. The average molecular weight is 653 g/mol. The van der Waals surface area contributed by atoms with Gasteiger partial charge in [-0.05, 0) is 51.9 Å². The van der Waals surface area contributed by atoms with Crippen LogP contribution in [0.1, 0.15) is 169 Å². The van der Waals surface area contributed by atoms with E-state index >= 15 is 0 Å². The zero-order chi connectivity index (χ0) is 33.5. The molecular weight excluding hydrogens is 568 g/mol. The lowest BCUT2D eigenvalue weighted by Crippen LogP contribution is -2.49. The van der Waals surface area contributed by atoms with Gasteiger partial charge in [0.2, 0.25) is 0 Å². The minimum atomic E-state index is -0.176. The summed E-state index contributed by atoms with van der Waals surface area (Å²) in [6, 6.07) is 0. The molecule has 1 heterocycles. The summed E-state index contributed by atoms with van der Waals surface area (Å²) < 4.78 is 0. The molecule has 0 aromatic carbocycles. The maximum Gasteiger partial charge on any atom is 0.0667 e. The molecule has 0 aromatic heterocycles. The van der Waals surface area contributed by atoms with Crippen LogP contribution in [0.5, 0.6) is 0 Å². The lowest BCUT2D eigenvalue weighted by molar-refractivity contribution is 0.0799. The molecule has 0 aliphatic carbocycles. The van der Waals surface area contributed by atoms with Gasteiger partial charge in [-0.1, -0.05) is 143 Å². The lowest BCUT2D eigenvalue weighted by Gasteiger charge is -2.36. The van der Waals surface area contributed by atoms with E-state index in [4.69, 9.17) is 0 Å². The van der Waals surface area contributed by atoms with Crippen molar-refractivity contribution >= 4 is 0 Å². The number of hydrogen-bond acceptors (Lipinski definition) is 6. The Labute approximate surface area is 289 Å². The van der Waals surface area contributed by atoms with Gasteiger partial charge in [-0.2, -0.15) is 0 Å². The predicted octanol–water partition coefficient (Wildman–Crippen LogP) is 8.59. The fraction of sp³-hybridized carbons (Fsp3) is 1.00. The molecule has 0 radical (unpaired) electrons. The largest absolute Gasteiger partial charge is 0.392 e. The molecule has 0 spiro atoms. The van der Waals surface area contributed by atoms with E-state index in [1.807, 2.05) is 0 Å². The zero-order valence-electron chi connectivity index (χ0n) is 31.9. The Morgan fingerprint density at radius 1 is 0.435 bits per heavy atom.